The summed E-state index contributed by atoms with van der Waals surface area (Å²) >= 11 is 0. The van der Waals surface area contributed by atoms with Crippen molar-refractivity contribution in [3.05, 3.63) is 0 Å². The van der Waals surface area contributed by atoms with E-state index in [1.807, 2.05) is 0 Å². The maximum atomic E-state index is 12.3. The maximum Gasteiger partial charge on any atom is 0.223 e. The number of hydrogen-bond acceptors (Lipinski definition) is 3. The molecular weight excluding hydrogens is 264 g/mol. The van der Waals surface area contributed by atoms with Crippen molar-refractivity contribution in [2.75, 3.05) is 20.1 Å². The van der Waals surface area contributed by atoms with Crippen LogP contribution in [0.5, 0.6) is 0 Å². The molecule has 0 aromatic rings. The van der Waals surface area contributed by atoms with Gasteiger partial charge in [-0.3, -0.25) is 4.79 Å². The number of amides is 1. The van der Waals surface area contributed by atoms with Crippen LogP contribution in [0.15, 0.2) is 0 Å². The van der Waals surface area contributed by atoms with Gasteiger partial charge in [0.05, 0.1) is 5.25 Å². The number of hydrogen-bond donors (Lipinski definition) is 1. The molecule has 108 valence electrons. The summed E-state index contributed by atoms with van der Waals surface area (Å²) in [7, 11) is -1.41. The topological polar surface area (TPSA) is 66.5 Å². The lowest BCUT2D eigenvalue weighted by Gasteiger charge is -2.30. The molecule has 1 saturated heterocycles. The van der Waals surface area contributed by atoms with Crippen molar-refractivity contribution >= 4 is 15.9 Å². The van der Waals surface area contributed by atoms with Gasteiger partial charge in [0, 0.05) is 26.1 Å². The number of sulfonamides is 1. The zero-order valence-electron chi connectivity index (χ0n) is 11.4. The van der Waals surface area contributed by atoms with Gasteiger partial charge < -0.3 is 5.32 Å². The van der Waals surface area contributed by atoms with Crippen molar-refractivity contribution in [2.45, 2.75) is 43.8 Å². The number of nitrogens with zero attached hydrogens (tertiary/aromatic N) is 1. The lowest BCUT2D eigenvalue weighted by atomic mass is 9.76. The van der Waals surface area contributed by atoms with Crippen molar-refractivity contribution in [1.82, 2.24) is 9.62 Å². The molecule has 1 amide bonds. The first-order chi connectivity index (χ1) is 8.99. The van der Waals surface area contributed by atoms with Gasteiger partial charge in [-0.2, -0.15) is 0 Å². The highest BCUT2D eigenvalue weighted by atomic mass is 32.2. The molecule has 19 heavy (non-hydrogen) atoms. The van der Waals surface area contributed by atoms with E-state index in [1.165, 1.54) is 0 Å². The monoisotopic (exact) mass is 286 g/mol. The molecular formula is C13H22N2O3S. The number of rotatable bonds is 3. The standard InChI is InChI=1S/C13H22N2O3S/c1-14-12(16)11-3-2-6-13(11)7-8-15(9-13)19(17,18)10-4-5-10/h10-11H,2-9H2,1H3,(H,14,16)/t11-,13-/m1/s1. The summed E-state index contributed by atoms with van der Waals surface area (Å²) < 4.78 is 26.3. The lowest BCUT2D eigenvalue weighted by molar-refractivity contribution is -0.127. The van der Waals surface area contributed by atoms with Crippen LogP contribution in [-0.2, 0) is 14.8 Å². The van der Waals surface area contributed by atoms with E-state index in [0.717, 1.165) is 38.5 Å². The molecule has 3 aliphatic rings. The Balaban J connectivity index is 1.78. The quantitative estimate of drug-likeness (QED) is 0.831. The van der Waals surface area contributed by atoms with E-state index < -0.39 is 10.0 Å². The Labute approximate surface area is 114 Å². The molecule has 2 atom stereocenters. The number of carbonyl (C=O) groups is 1. The van der Waals surface area contributed by atoms with E-state index in [4.69, 9.17) is 0 Å². The van der Waals surface area contributed by atoms with Gasteiger partial charge in [0.15, 0.2) is 0 Å². The summed E-state index contributed by atoms with van der Waals surface area (Å²) in [5.74, 6) is 0.0834. The van der Waals surface area contributed by atoms with Crippen molar-refractivity contribution in [2.24, 2.45) is 11.3 Å². The normalized spacial score (nSPS) is 35.9. The van der Waals surface area contributed by atoms with Crippen molar-refractivity contribution < 1.29 is 13.2 Å². The smallest absolute Gasteiger partial charge is 0.223 e. The molecule has 2 aliphatic carbocycles. The van der Waals surface area contributed by atoms with Gasteiger partial charge in [-0.25, -0.2) is 12.7 Å². The van der Waals surface area contributed by atoms with Crippen LogP contribution < -0.4 is 5.32 Å². The summed E-state index contributed by atoms with van der Waals surface area (Å²) in [6, 6.07) is 0. The minimum atomic E-state index is -3.08. The van der Waals surface area contributed by atoms with E-state index in [9.17, 15) is 13.2 Å². The van der Waals surface area contributed by atoms with Gasteiger partial charge in [0.2, 0.25) is 15.9 Å². The van der Waals surface area contributed by atoms with Crippen molar-refractivity contribution in [3.63, 3.8) is 0 Å². The van der Waals surface area contributed by atoms with Gasteiger partial charge in [0.25, 0.3) is 0 Å². The first-order valence-corrected chi connectivity index (χ1v) is 8.70. The van der Waals surface area contributed by atoms with Crippen LogP contribution in [0.2, 0.25) is 0 Å². The van der Waals surface area contributed by atoms with Crippen LogP contribution in [0.1, 0.15) is 38.5 Å². The molecule has 3 rings (SSSR count). The Bertz CT molecular complexity index is 486. The summed E-state index contributed by atoms with van der Waals surface area (Å²) in [6.07, 6.45) is 5.39. The SMILES string of the molecule is CNC(=O)[C@H]1CCC[C@]12CCN(S(=O)(=O)C1CC1)C2. The van der Waals surface area contributed by atoms with Gasteiger partial charge in [-0.05, 0) is 37.5 Å². The molecule has 0 aromatic carbocycles. The Morgan fingerprint density at radius 1 is 1.26 bits per heavy atom. The van der Waals surface area contributed by atoms with Crippen LogP contribution in [0.4, 0.5) is 0 Å². The fourth-order valence-corrected chi connectivity index (χ4v) is 5.80. The molecule has 5 nitrogen and oxygen atoms in total. The van der Waals surface area contributed by atoms with E-state index in [2.05, 4.69) is 5.32 Å². The molecule has 1 spiro atoms. The zero-order chi connectivity index (χ0) is 13.7. The molecule has 1 heterocycles. The molecule has 0 radical (unpaired) electrons. The van der Waals surface area contributed by atoms with Gasteiger partial charge >= 0.3 is 0 Å². The van der Waals surface area contributed by atoms with Crippen LogP contribution in [0.25, 0.3) is 0 Å². The second kappa shape index (κ2) is 4.45. The minimum Gasteiger partial charge on any atom is -0.359 e. The third-order valence-electron chi connectivity index (χ3n) is 5.13. The highest BCUT2D eigenvalue weighted by Crippen LogP contribution is 2.51. The summed E-state index contributed by atoms with van der Waals surface area (Å²) in [6.45, 7) is 1.16. The second-order valence-electron chi connectivity index (χ2n) is 6.25. The van der Waals surface area contributed by atoms with E-state index in [1.54, 1.807) is 11.4 Å². The molecule has 1 aliphatic heterocycles. The van der Waals surface area contributed by atoms with E-state index in [-0.39, 0.29) is 22.5 Å². The van der Waals surface area contributed by atoms with Crippen LogP contribution in [0, 0.1) is 11.3 Å². The average Bonchev–Trinajstić information content (AvgIpc) is 3.06. The molecule has 0 bridgehead atoms. The lowest BCUT2D eigenvalue weighted by Crippen LogP contribution is -2.40. The molecule has 2 saturated carbocycles. The van der Waals surface area contributed by atoms with Gasteiger partial charge in [-0.15, -0.1) is 0 Å². The fourth-order valence-electron chi connectivity index (χ4n) is 3.86. The van der Waals surface area contributed by atoms with Gasteiger partial charge in [0.1, 0.15) is 0 Å². The molecule has 1 N–H and O–H groups in total. The number of carbonyl (C=O) groups excluding carboxylic acids is 1. The molecule has 0 unspecified atom stereocenters. The Kier molecular flexibility index (Phi) is 3.13. The highest BCUT2D eigenvalue weighted by Gasteiger charge is 2.54. The third kappa shape index (κ3) is 2.09. The van der Waals surface area contributed by atoms with Crippen LogP contribution >= 0.6 is 0 Å². The van der Waals surface area contributed by atoms with Gasteiger partial charge in [-0.1, -0.05) is 6.42 Å². The largest absolute Gasteiger partial charge is 0.359 e. The van der Waals surface area contributed by atoms with Crippen LogP contribution in [0.3, 0.4) is 0 Å². The third-order valence-corrected chi connectivity index (χ3v) is 7.47. The van der Waals surface area contributed by atoms with Crippen molar-refractivity contribution in [1.29, 1.82) is 0 Å². The predicted octanol–water partition coefficient (Wildman–Crippen LogP) is 0.717. The molecule has 6 heteroatoms. The predicted molar refractivity (Wildman–Crippen MR) is 72.0 cm³/mol. The Hall–Kier alpha value is -0.620. The molecule has 3 fully saturated rings. The highest BCUT2D eigenvalue weighted by molar-refractivity contribution is 7.90. The average molecular weight is 286 g/mol. The van der Waals surface area contributed by atoms with Crippen molar-refractivity contribution in [3.8, 4) is 0 Å². The Morgan fingerprint density at radius 2 is 2.00 bits per heavy atom. The first-order valence-electron chi connectivity index (χ1n) is 7.20. The zero-order valence-corrected chi connectivity index (χ0v) is 12.2. The summed E-state index contributed by atoms with van der Waals surface area (Å²) in [5, 5.41) is 2.60. The summed E-state index contributed by atoms with van der Waals surface area (Å²) in [4.78, 5) is 12.0. The van der Waals surface area contributed by atoms with E-state index >= 15 is 0 Å². The van der Waals surface area contributed by atoms with Crippen LogP contribution in [-0.4, -0.2) is 44.0 Å². The van der Waals surface area contributed by atoms with E-state index in [0.29, 0.717) is 13.1 Å². The molecule has 0 aromatic heterocycles. The first kappa shape index (κ1) is 13.4. The maximum absolute atomic E-state index is 12.3. The summed E-state index contributed by atoms with van der Waals surface area (Å²) in [5.41, 5.74) is -0.0952. The minimum absolute atomic E-state index is 0.00287. The second-order valence-corrected chi connectivity index (χ2v) is 8.46. The number of nitrogens with one attached hydrogen (secondary N) is 1. The fraction of sp³-hybridized carbons (Fsp3) is 0.923. The Morgan fingerprint density at radius 3 is 2.63 bits per heavy atom.